The van der Waals surface area contributed by atoms with Gasteiger partial charge in [0, 0.05) is 10.6 Å². The largest absolute Gasteiger partial charge is 0.460 e. The lowest BCUT2D eigenvalue weighted by molar-refractivity contribution is -0.147. The first-order valence-electron chi connectivity index (χ1n) is 13.4. The number of carbonyl (C=O) groups excluding carboxylic acids is 1. The number of nitrogens with one attached hydrogen (secondary N) is 1. The van der Waals surface area contributed by atoms with Crippen molar-refractivity contribution >= 4 is 23.7 Å². The lowest BCUT2D eigenvalue weighted by Gasteiger charge is -2.33. The van der Waals surface area contributed by atoms with Crippen molar-refractivity contribution in [3.63, 3.8) is 0 Å². The zero-order valence-corrected chi connectivity index (χ0v) is 23.1. The summed E-state index contributed by atoms with van der Waals surface area (Å²) in [5.74, 6) is -1.06. The van der Waals surface area contributed by atoms with Gasteiger partial charge < -0.3 is 9.30 Å². The molecule has 1 unspecified atom stereocenters. The van der Waals surface area contributed by atoms with Gasteiger partial charge in [-0.25, -0.2) is 0 Å². The molecule has 5 aromatic carbocycles. The predicted octanol–water partition coefficient (Wildman–Crippen LogP) is 6.64. The van der Waals surface area contributed by atoms with Crippen LogP contribution in [0, 0.1) is 0 Å². The van der Waals surface area contributed by atoms with Crippen LogP contribution >= 0.6 is 7.14 Å². The van der Waals surface area contributed by atoms with Crippen molar-refractivity contribution in [2.75, 3.05) is 0 Å². The van der Waals surface area contributed by atoms with E-state index < -0.39 is 19.0 Å². The second-order valence-electron chi connectivity index (χ2n) is 9.64. The number of esters is 1. The summed E-state index contributed by atoms with van der Waals surface area (Å²) in [7, 11) is -3.35. The van der Waals surface area contributed by atoms with Crippen molar-refractivity contribution in [1.82, 2.24) is 5.32 Å². The maximum Gasteiger partial charge on any atom is 0.323 e. The van der Waals surface area contributed by atoms with Gasteiger partial charge in [0.1, 0.15) is 12.6 Å². The van der Waals surface area contributed by atoms with Crippen molar-refractivity contribution in [2.45, 2.75) is 24.9 Å². The summed E-state index contributed by atoms with van der Waals surface area (Å²) in [4.78, 5) is 13.7. The molecule has 0 heterocycles. The van der Waals surface area contributed by atoms with Gasteiger partial charge >= 0.3 is 5.97 Å². The Labute approximate surface area is 236 Å². The van der Waals surface area contributed by atoms with Gasteiger partial charge in [0.05, 0.1) is 5.78 Å². The fourth-order valence-electron chi connectivity index (χ4n) is 4.87. The Morgan fingerprint density at radius 3 is 1.52 bits per heavy atom. The molecular weight excluding hydrogens is 513 g/mol. The van der Waals surface area contributed by atoms with Crippen LogP contribution < -0.4 is 15.9 Å². The van der Waals surface area contributed by atoms with Crippen molar-refractivity contribution < 1.29 is 14.1 Å². The van der Waals surface area contributed by atoms with Gasteiger partial charge in [-0.05, 0) is 23.1 Å². The maximum absolute atomic E-state index is 15.5. The number of hydrogen-bond acceptors (Lipinski definition) is 4. The highest BCUT2D eigenvalue weighted by Crippen LogP contribution is 2.56. The SMILES string of the molecule is O=C(OCc1ccccc1)[C@H](Cc1ccccc1)NC(c1ccccc1)P(=O)(c1ccccc1)c1ccccc1. The molecule has 0 amide bonds. The van der Waals surface area contributed by atoms with Crippen LogP contribution in [0.4, 0.5) is 0 Å². The van der Waals surface area contributed by atoms with Crippen LogP contribution in [0.15, 0.2) is 152 Å². The van der Waals surface area contributed by atoms with Gasteiger partial charge in [0.2, 0.25) is 0 Å². The highest BCUT2D eigenvalue weighted by Gasteiger charge is 2.40. The monoisotopic (exact) mass is 545 g/mol. The highest BCUT2D eigenvalue weighted by molar-refractivity contribution is 7.79. The Morgan fingerprint density at radius 1 is 0.600 bits per heavy atom. The fourth-order valence-corrected chi connectivity index (χ4v) is 7.98. The van der Waals surface area contributed by atoms with E-state index >= 15 is 4.57 Å². The molecule has 0 aliphatic carbocycles. The van der Waals surface area contributed by atoms with Crippen LogP contribution in [0.5, 0.6) is 0 Å². The van der Waals surface area contributed by atoms with Crippen LogP contribution in [0.1, 0.15) is 22.5 Å². The van der Waals surface area contributed by atoms with E-state index in [-0.39, 0.29) is 12.6 Å². The van der Waals surface area contributed by atoms with Crippen LogP contribution in [0.2, 0.25) is 0 Å². The summed E-state index contributed by atoms with van der Waals surface area (Å²) in [6.07, 6.45) is 0.390. The van der Waals surface area contributed by atoms with Crippen LogP contribution in [0.3, 0.4) is 0 Å². The molecule has 0 aliphatic rings. The molecule has 0 saturated heterocycles. The van der Waals surface area contributed by atoms with Crippen molar-refractivity contribution in [3.05, 3.63) is 168 Å². The summed E-state index contributed by atoms with van der Waals surface area (Å²) in [6, 6.07) is 47.6. The molecule has 2 atom stereocenters. The molecule has 5 rings (SSSR count). The zero-order chi connectivity index (χ0) is 27.6. The normalized spacial score (nSPS) is 12.8. The Hall–Kier alpha value is -4.24. The highest BCUT2D eigenvalue weighted by atomic mass is 31.2. The lowest BCUT2D eigenvalue weighted by Crippen LogP contribution is -2.44. The third kappa shape index (κ3) is 6.48. The summed E-state index contributed by atoms with van der Waals surface area (Å²) >= 11 is 0. The molecule has 0 aliphatic heterocycles. The molecule has 5 heteroatoms. The molecule has 0 radical (unpaired) electrons. The first-order valence-corrected chi connectivity index (χ1v) is 15.2. The van der Waals surface area contributed by atoms with Crippen molar-refractivity contribution in [1.29, 1.82) is 0 Å². The van der Waals surface area contributed by atoms with Gasteiger partial charge in [-0.2, -0.15) is 0 Å². The summed E-state index contributed by atoms with van der Waals surface area (Å²) in [6.45, 7) is 0.164. The third-order valence-corrected chi connectivity index (χ3v) is 10.2. The van der Waals surface area contributed by atoms with Gasteiger partial charge in [-0.3, -0.25) is 10.1 Å². The molecular formula is C35H32NO3P. The zero-order valence-electron chi connectivity index (χ0n) is 22.2. The maximum atomic E-state index is 15.5. The average molecular weight is 546 g/mol. The Kier molecular flexibility index (Phi) is 9.03. The fraction of sp³-hybridized carbons (Fsp3) is 0.114. The van der Waals surface area contributed by atoms with Gasteiger partial charge in [-0.1, -0.05) is 152 Å². The quantitative estimate of drug-likeness (QED) is 0.149. The van der Waals surface area contributed by atoms with E-state index in [9.17, 15) is 4.79 Å². The molecule has 0 aromatic heterocycles. The molecule has 0 spiro atoms. The minimum absolute atomic E-state index is 0.164. The van der Waals surface area contributed by atoms with Crippen LogP contribution in [-0.2, 0) is 27.1 Å². The predicted molar refractivity (Wildman–Crippen MR) is 162 cm³/mol. The van der Waals surface area contributed by atoms with E-state index in [0.717, 1.165) is 27.3 Å². The molecule has 200 valence electrons. The molecule has 0 saturated carbocycles. The molecule has 5 aromatic rings. The Morgan fingerprint density at radius 2 is 1.02 bits per heavy atom. The first kappa shape index (κ1) is 27.3. The first-order chi connectivity index (χ1) is 19.6. The molecule has 4 nitrogen and oxygen atoms in total. The molecule has 1 N–H and O–H groups in total. The molecule has 0 bridgehead atoms. The van der Waals surface area contributed by atoms with E-state index in [1.54, 1.807) is 0 Å². The van der Waals surface area contributed by atoms with E-state index in [2.05, 4.69) is 5.32 Å². The summed E-state index contributed by atoms with van der Waals surface area (Å²) < 4.78 is 21.3. The number of rotatable bonds is 11. The standard InChI is InChI=1S/C35H32NO3P/c37-35(39-27-29-18-8-2-9-19-29)33(26-28-16-6-1-7-17-28)36-34(30-20-10-3-11-21-30)40(38,31-22-12-4-13-23-31)32-24-14-5-15-25-32/h1-25,33-34,36H,26-27H2/t33-,34?/m0/s1. The Bertz CT molecular complexity index is 1490. The van der Waals surface area contributed by atoms with E-state index in [4.69, 9.17) is 4.74 Å². The van der Waals surface area contributed by atoms with Crippen molar-refractivity contribution in [2.24, 2.45) is 0 Å². The smallest absolute Gasteiger partial charge is 0.323 e. The molecule has 40 heavy (non-hydrogen) atoms. The van der Waals surface area contributed by atoms with Crippen LogP contribution in [-0.4, -0.2) is 12.0 Å². The van der Waals surface area contributed by atoms with Gasteiger partial charge in [-0.15, -0.1) is 0 Å². The summed E-state index contributed by atoms with van der Waals surface area (Å²) in [5.41, 5.74) is 2.73. The minimum atomic E-state index is -3.35. The minimum Gasteiger partial charge on any atom is -0.460 e. The van der Waals surface area contributed by atoms with E-state index in [1.807, 2.05) is 152 Å². The number of ether oxygens (including phenoxy) is 1. The topological polar surface area (TPSA) is 55.4 Å². The molecule has 0 fully saturated rings. The van der Waals surface area contributed by atoms with E-state index in [0.29, 0.717) is 6.42 Å². The second-order valence-corrected chi connectivity index (χ2v) is 12.5. The Balaban J connectivity index is 1.57. The van der Waals surface area contributed by atoms with Crippen molar-refractivity contribution in [3.8, 4) is 0 Å². The average Bonchev–Trinajstić information content (AvgIpc) is 3.03. The van der Waals surface area contributed by atoms with Gasteiger partial charge in [0.25, 0.3) is 0 Å². The van der Waals surface area contributed by atoms with E-state index in [1.165, 1.54) is 0 Å². The summed E-state index contributed by atoms with van der Waals surface area (Å²) in [5, 5.41) is 5.00. The third-order valence-electron chi connectivity index (χ3n) is 6.91. The lowest BCUT2D eigenvalue weighted by atomic mass is 10.1. The van der Waals surface area contributed by atoms with Crippen LogP contribution in [0.25, 0.3) is 0 Å². The number of hydrogen-bond donors (Lipinski definition) is 1. The number of benzene rings is 5. The second kappa shape index (κ2) is 13.2. The number of carbonyl (C=O) groups is 1. The van der Waals surface area contributed by atoms with Gasteiger partial charge in [0.15, 0.2) is 7.14 Å².